The van der Waals surface area contributed by atoms with Gasteiger partial charge in [-0.05, 0) is 72.4 Å². The van der Waals surface area contributed by atoms with Gasteiger partial charge >= 0.3 is 0 Å². The van der Waals surface area contributed by atoms with Crippen molar-refractivity contribution in [2.75, 3.05) is 0 Å². The monoisotopic (exact) mass is 458 g/mol. The van der Waals surface area contributed by atoms with Crippen molar-refractivity contribution in [3.8, 4) is 11.1 Å². The standard InChI is InChI=1S/C28H27FN2OS/c1-19-26-24(29)11-6-12-25(26)33-27(19)28(32)31(23-9-3-2-4-10-23)18-20-7-5-8-22(17-20)21-13-15-30-16-14-21/h5-8,11-17,23H,2-4,9-10,18H2,1H3. The van der Waals surface area contributed by atoms with Crippen LogP contribution in [0.15, 0.2) is 67.0 Å². The minimum absolute atomic E-state index is 0.0225. The molecule has 0 N–H and O–H groups in total. The first-order valence-electron chi connectivity index (χ1n) is 11.6. The summed E-state index contributed by atoms with van der Waals surface area (Å²) in [5.74, 6) is -0.233. The van der Waals surface area contributed by atoms with Gasteiger partial charge in [-0.1, -0.05) is 43.5 Å². The molecule has 0 atom stereocenters. The summed E-state index contributed by atoms with van der Waals surface area (Å²) in [5, 5.41) is 0.578. The predicted molar refractivity (Wildman–Crippen MR) is 133 cm³/mol. The third-order valence-corrected chi connectivity index (χ3v) is 7.91. The van der Waals surface area contributed by atoms with E-state index in [1.54, 1.807) is 18.5 Å². The molecule has 1 amide bonds. The first-order chi connectivity index (χ1) is 16.1. The van der Waals surface area contributed by atoms with Crippen molar-refractivity contribution in [2.45, 2.75) is 51.6 Å². The van der Waals surface area contributed by atoms with Gasteiger partial charge in [0.2, 0.25) is 0 Å². The fraction of sp³-hybridized carbons (Fsp3) is 0.286. The van der Waals surface area contributed by atoms with Crippen molar-refractivity contribution in [3.63, 3.8) is 0 Å². The van der Waals surface area contributed by atoms with Crippen LogP contribution in [0.4, 0.5) is 4.39 Å². The highest BCUT2D eigenvalue weighted by molar-refractivity contribution is 7.21. The van der Waals surface area contributed by atoms with Crippen molar-refractivity contribution in [2.24, 2.45) is 0 Å². The van der Waals surface area contributed by atoms with Gasteiger partial charge in [-0.3, -0.25) is 9.78 Å². The SMILES string of the molecule is Cc1c(C(=O)N(Cc2cccc(-c3ccncc3)c2)C2CCCCC2)sc2cccc(F)c12. The molecule has 0 spiro atoms. The molecule has 5 rings (SSSR count). The lowest BCUT2D eigenvalue weighted by molar-refractivity contribution is 0.0619. The second-order valence-corrected chi connectivity index (χ2v) is 9.88. The van der Waals surface area contributed by atoms with Gasteiger partial charge in [0.1, 0.15) is 5.82 Å². The van der Waals surface area contributed by atoms with Gasteiger partial charge in [-0.25, -0.2) is 4.39 Å². The number of rotatable bonds is 5. The number of hydrogen-bond donors (Lipinski definition) is 0. The molecular weight excluding hydrogens is 431 g/mol. The third kappa shape index (κ3) is 4.42. The molecule has 1 aliphatic rings. The number of fused-ring (bicyclic) bond motifs is 1. The number of carbonyl (C=O) groups is 1. The van der Waals surface area contributed by atoms with Crippen LogP contribution in [0.25, 0.3) is 21.2 Å². The van der Waals surface area contributed by atoms with Gasteiger partial charge < -0.3 is 4.90 Å². The first kappa shape index (κ1) is 21.8. The lowest BCUT2D eigenvalue weighted by Crippen LogP contribution is -2.40. The van der Waals surface area contributed by atoms with Crippen molar-refractivity contribution in [1.29, 1.82) is 0 Å². The van der Waals surface area contributed by atoms with Crippen LogP contribution >= 0.6 is 11.3 Å². The summed E-state index contributed by atoms with van der Waals surface area (Å²) in [4.78, 5) is 20.7. The molecule has 33 heavy (non-hydrogen) atoms. The average molecular weight is 459 g/mol. The molecule has 0 radical (unpaired) electrons. The molecule has 1 aliphatic carbocycles. The van der Waals surface area contributed by atoms with Crippen LogP contribution in [0.1, 0.15) is 52.9 Å². The number of amides is 1. The molecule has 4 aromatic rings. The summed E-state index contributed by atoms with van der Waals surface area (Å²) in [6.45, 7) is 2.43. The third-order valence-electron chi connectivity index (χ3n) is 6.67. The summed E-state index contributed by atoms with van der Waals surface area (Å²) in [6.07, 6.45) is 9.15. The maximum Gasteiger partial charge on any atom is 0.264 e. The molecule has 1 fully saturated rings. The normalized spacial score (nSPS) is 14.5. The van der Waals surface area contributed by atoms with Gasteiger partial charge in [-0.15, -0.1) is 11.3 Å². The van der Waals surface area contributed by atoms with Crippen LogP contribution in [0.5, 0.6) is 0 Å². The van der Waals surface area contributed by atoms with E-state index in [9.17, 15) is 9.18 Å². The smallest absolute Gasteiger partial charge is 0.264 e. The first-order valence-corrected chi connectivity index (χ1v) is 12.4. The van der Waals surface area contributed by atoms with E-state index < -0.39 is 0 Å². The molecule has 0 bridgehead atoms. The summed E-state index contributed by atoms with van der Waals surface area (Å²) >= 11 is 1.41. The van der Waals surface area contributed by atoms with E-state index in [1.807, 2.05) is 30.0 Å². The van der Waals surface area contributed by atoms with E-state index in [1.165, 1.54) is 23.8 Å². The topological polar surface area (TPSA) is 33.2 Å². The van der Waals surface area contributed by atoms with E-state index >= 15 is 0 Å². The minimum atomic E-state index is -0.255. The van der Waals surface area contributed by atoms with Crippen molar-refractivity contribution in [1.82, 2.24) is 9.88 Å². The van der Waals surface area contributed by atoms with Crippen molar-refractivity contribution < 1.29 is 9.18 Å². The Morgan fingerprint density at radius 3 is 2.55 bits per heavy atom. The summed E-state index contributed by atoms with van der Waals surface area (Å²) < 4.78 is 15.3. The van der Waals surface area contributed by atoms with Gasteiger partial charge in [0.25, 0.3) is 5.91 Å². The molecule has 0 unspecified atom stereocenters. The van der Waals surface area contributed by atoms with Crippen LogP contribution in [0.3, 0.4) is 0 Å². The van der Waals surface area contributed by atoms with Crippen molar-refractivity contribution in [3.05, 3.63) is 88.8 Å². The lowest BCUT2D eigenvalue weighted by atomic mass is 9.93. The number of pyridine rings is 1. The van der Waals surface area contributed by atoms with Gasteiger partial charge in [0.05, 0.1) is 4.88 Å². The van der Waals surface area contributed by atoms with Crippen LogP contribution in [-0.4, -0.2) is 21.8 Å². The summed E-state index contributed by atoms with van der Waals surface area (Å²) in [6, 6.07) is 17.7. The quantitative estimate of drug-likeness (QED) is 0.312. The number of aryl methyl sites for hydroxylation is 1. The second kappa shape index (κ2) is 9.44. The van der Waals surface area contributed by atoms with Gasteiger partial charge in [0, 0.05) is 35.1 Å². The van der Waals surface area contributed by atoms with Crippen molar-refractivity contribution >= 4 is 27.3 Å². The van der Waals surface area contributed by atoms with E-state index in [4.69, 9.17) is 0 Å². The van der Waals surface area contributed by atoms with E-state index in [2.05, 4.69) is 29.2 Å². The Balaban J connectivity index is 1.50. The van der Waals surface area contributed by atoms with Crippen LogP contribution in [-0.2, 0) is 6.54 Å². The predicted octanol–water partition coefficient (Wildman–Crippen LogP) is 7.39. The van der Waals surface area contributed by atoms with Crippen LogP contribution in [0.2, 0.25) is 0 Å². The number of thiophene rings is 1. The number of halogens is 1. The zero-order chi connectivity index (χ0) is 22.8. The van der Waals surface area contributed by atoms with Gasteiger partial charge in [-0.2, -0.15) is 0 Å². The minimum Gasteiger partial charge on any atom is -0.331 e. The van der Waals surface area contributed by atoms with Gasteiger partial charge in [0.15, 0.2) is 0 Å². The highest BCUT2D eigenvalue weighted by Crippen LogP contribution is 2.35. The Hall–Kier alpha value is -3.05. The molecule has 5 heteroatoms. The average Bonchev–Trinajstić information content (AvgIpc) is 3.21. The Kier molecular flexibility index (Phi) is 6.23. The number of aromatic nitrogens is 1. The fourth-order valence-corrected chi connectivity index (χ4v) is 6.12. The molecule has 1 saturated carbocycles. The zero-order valence-corrected chi connectivity index (χ0v) is 19.6. The molecule has 2 aromatic heterocycles. The second-order valence-electron chi connectivity index (χ2n) is 8.83. The zero-order valence-electron chi connectivity index (χ0n) is 18.8. The molecular formula is C28H27FN2OS. The number of hydrogen-bond acceptors (Lipinski definition) is 3. The molecule has 2 aromatic carbocycles. The van der Waals surface area contributed by atoms with Crippen LogP contribution < -0.4 is 0 Å². The largest absolute Gasteiger partial charge is 0.331 e. The Bertz CT molecular complexity index is 1280. The molecule has 2 heterocycles. The Morgan fingerprint density at radius 1 is 1.03 bits per heavy atom. The number of benzene rings is 2. The maximum atomic E-state index is 14.5. The highest BCUT2D eigenvalue weighted by atomic mass is 32.1. The lowest BCUT2D eigenvalue weighted by Gasteiger charge is -2.34. The Morgan fingerprint density at radius 2 is 1.79 bits per heavy atom. The molecule has 3 nitrogen and oxygen atoms in total. The summed E-state index contributed by atoms with van der Waals surface area (Å²) in [5.41, 5.74) is 4.09. The highest BCUT2D eigenvalue weighted by Gasteiger charge is 2.29. The molecule has 0 aliphatic heterocycles. The van der Waals surface area contributed by atoms with E-state index in [0.29, 0.717) is 16.8 Å². The van der Waals surface area contributed by atoms with E-state index in [-0.39, 0.29) is 17.8 Å². The summed E-state index contributed by atoms with van der Waals surface area (Å²) in [7, 11) is 0. The maximum absolute atomic E-state index is 14.5. The fourth-order valence-electron chi connectivity index (χ4n) is 4.94. The molecule has 168 valence electrons. The number of carbonyl (C=O) groups excluding carboxylic acids is 1. The Labute approximate surface area is 197 Å². The molecule has 0 saturated heterocycles. The van der Waals surface area contributed by atoms with Crippen LogP contribution in [0, 0.1) is 12.7 Å². The van der Waals surface area contributed by atoms with E-state index in [0.717, 1.165) is 52.6 Å². The number of nitrogens with zero attached hydrogens (tertiary/aromatic N) is 2.